The molecule has 0 atom stereocenters. The molecule has 1 aromatic heterocycles. The Hall–Kier alpha value is -5.70. The number of carboxylic acid groups (broad SMARTS) is 1. The topological polar surface area (TPSA) is 98.1 Å². The molecule has 6 rings (SSSR count). The highest BCUT2D eigenvalue weighted by molar-refractivity contribution is 8.18. The van der Waals surface area contributed by atoms with E-state index in [4.69, 9.17) is 14.6 Å². The van der Waals surface area contributed by atoms with Crippen molar-refractivity contribution in [3.05, 3.63) is 135 Å². The van der Waals surface area contributed by atoms with Gasteiger partial charge in [-0.2, -0.15) is 26.3 Å². The molecule has 2 amide bonds. The predicted octanol–water partition coefficient (Wildman–Crippen LogP) is 9.01. The number of benzene rings is 4. The molecule has 268 valence electrons. The molecule has 0 spiro atoms. The number of carbonyl (C=O) groups is 3. The molecule has 0 saturated carbocycles. The van der Waals surface area contributed by atoms with Crippen molar-refractivity contribution in [2.24, 2.45) is 0 Å². The fourth-order valence-electron chi connectivity index (χ4n) is 5.40. The van der Waals surface area contributed by atoms with Crippen LogP contribution in [0.4, 0.5) is 31.1 Å². The van der Waals surface area contributed by atoms with Gasteiger partial charge in [0.15, 0.2) is 0 Å². The van der Waals surface area contributed by atoms with Crippen molar-refractivity contribution in [2.45, 2.75) is 32.1 Å². The lowest BCUT2D eigenvalue weighted by Crippen LogP contribution is -2.33. The molecular formula is C37H26F6N2O6S. The van der Waals surface area contributed by atoms with Crippen LogP contribution in [0.25, 0.3) is 17.0 Å². The monoisotopic (exact) mass is 740 g/mol. The van der Waals surface area contributed by atoms with E-state index >= 15 is 0 Å². The average Bonchev–Trinajstić information content (AvgIpc) is 3.56. The Morgan fingerprint density at radius 3 is 1.94 bits per heavy atom. The number of amides is 2. The first-order chi connectivity index (χ1) is 24.6. The molecule has 52 heavy (non-hydrogen) atoms. The predicted molar refractivity (Wildman–Crippen MR) is 179 cm³/mol. The van der Waals surface area contributed by atoms with E-state index in [1.54, 1.807) is 36.4 Å². The van der Waals surface area contributed by atoms with Crippen LogP contribution < -0.4 is 9.47 Å². The van der Waals surface area contributed by atoms with Crippen molar-refractivity contribution >= 4 is 45.9 Å². The number of rotatable bonds is 11. The molecule has 0 unspecified atom stereocenters. The van der Waals surface area contributed by atoms with E-state index in [2.05, 4.69) is 0 Å². The number of carboxylic acids is 1. The van der Waals surface area contributed by atoms with Gasteiger partial charge >= 0.3 is 18.3 Å². The number of fused-ring (bicyclic) bond motifs is 1. The van der Waals surface area contributed by atoms with E-state index in [9.17, 15) is 40.7 Å². The first-order valence-electron chi connectivity index (χ1n) is 15.4. The normalized spacial score (nSPS) is 14.4. The van der Waals surface area contributed by atoms with Gasteiger partial charge < -0.3 is 19.1 Å². The summed E-state index contributed by atoms with van der Waals surface area (Å²) in [7, 11) is 0. The number of imide groups is 1. The molecule has 0 radical (unpaired) electrons. The van der Waals surface area contributed by atoms with E-state index in [0.717, 1.165) is 22.0 Å². The van der Waals surface area contributed by atoms with Crippen molar-refractivity contribution in [3.8, 4) is 11.5 Å². The van der Waals surface area contributed by atoms with Crippen LogP contribution >= 0.6 is 11.8 Å². The summed E-state index contributed by atoms with van der Waals surface area (Å²) in [5.41, 5.74) is 0.465. The second kappa shape index (κ2) is 14.5. The number of thioether (sulfide) groups is 1. The Balaban J connectivity index is 1.26. The van der Waals surface area contributed by atoms with Gasteiger partial charge in [-0.25, -0.2) is 0 Å². The largest absolute Gasteiger partial charge is 0.489 e. The Kier molecular flexibility index (Phi) is 10.1. The number of aromatic nitrogens is 1. The summed E-state index contributed by atoms with van der Waals surface area (Å²) >= 11 is 0.621. The lowest BCUT2D eigenvalue weighted by molar-refractivity contribution is -0.143. The van der Waals surface area contributed by atoms with Gasteiger partial charge in [-0.05, 0) is 77.0 Å². The maximum atomic E-state index is 13.3. The number of carbonyl (C=O) groups excluding carboxylic acids is 2. The van der Waals surface area contributed by atoms with Gasteiger partial charge in [0.25, 0.3) is 11.1 Å². The van der Waals surface area contributed by atoms with E-state index in [-0.39, 0.29) is 24.1 Å². The number of hydrogen-bond donors (Lipinski definition) is 1. The highest BCUT2D eigenvalue weighted by Crippen LogP contribution is 2.39. The molecule has 5 aromatic rings. The van der Waals surface area contributed by atoms with Crippen LogP contribution in [-0.2, 0) is 41.7 Å². The average molecular weight is 741 g/mol. The zero-order valence-electron chi connectivity index (χ0n) is 26.7. The van der Waals surface area contributed by atoms with Gasteiger partial charge in [0.05, 0.1) is 16.0 Å². The molecule has 1 N–H and O–H groups in total. The van der Waals surface area contributed by atoms with Crippen molar-refractivity contribution in [1.29, 1.82) is 0 Å². The van der Waals surface area contributed by atoms with Gasteiger partial charge in [-0.1, -0.05) is 54.6 Å². The smallest absolute Gasteiger partial charge is 0.416 e. The van der Waals surface area contributed by atoms with Crippen LogP contribution in [0.1, 0.15) is 33.5 Å². The Bertz CT molecular complexity index is 2150. The van der Waals surface area contributed by atoms with Crippen molar-refractivity contribution in [3.63, 3.8) is 0 Å². The molecule has 15 heteroatoms. The molecule has 1 aliphatic heterocycles. The first kappa shape index (κ1) is 36.1. The standard InChI is InChI=1S/C37H26F6N2O6S/c38-36(39,40)26-14-27(37(41,42)43)16-30(15-26)51-21-24-8-6-22(7-9-24)18-44-28(17-32-34(48)45(19-33(46)47)35(49)52-32)12-25-13-29(10-11-31(25)44)50-20-23-4-2-1-3-5-23/h1-17H,18-21H2,(H,46,47)/b32-17-. The third-order valence-corrected chi connectivity index (χ3v) is 8.84. The molecule has 1 fully saturated rings. The fourth-order valence-corrected chi connectivity index (χ4v) is 6.23. The van der Waals surface area contributed by atoms with Crippen molar-refractivity contribution in [2.75, 3.05) is 6.54 Å². The molecule has 0 aliphatic carbocycles. The number of nitrogens with zero attached hydrogens (tertiary/aromatic N) is 2. The van der Waals surface area contributed by atoms with Crippen LogP contribution in [0, 0.1) is 0 Å². The van der Waals surface area contributed by atoms with Gasteiger partial charge in [0.1, 0.15) is 31.3 Å². The van der Waals surface area contributed by atoms with E-state index in [1.807, 2.05) is 47.0 Å². The third-order valence-electron chi connectivity index (χ3n) is 7.93. The second-order valence-corrected chi connectivity index (χ2v) is 12.7. The molecule has 4 aromatic carbocycles. The van der Waals surface area contributed by atoms with Crippen LogP contribution in [0.5, 0.6) is 11.5 Å². The fraction of sp³-hybridized carbons (Fsp3) is 0.162. The van der Waals surface area contributed by atoms with E-state index in [0.29, 0.717) is 52.4 Å². The summed E-state index contributed by atoms with van der Waals surface area (Å²) < 4.78 is 92.8. The van der Waals surface area contributed by atoms with Crippen molar-refractivity contribution in [1.82, 2.24) is 9.47 Å². The quantitative estimate of drug-likeness (QED) is 0.107. The zero-order chi connectivity index (χ0) is 37.2. The van der Waals surface area contributed by atoms with Gasteiger partial charge in [-0.3, -0.25) is 19.3 Å². The van der Waals surface area contributed by atoms with Crippen molar-refractivity contribution < 1.29 is 55.3 Å². The highest BCUT2D eigenvalue weighted by atomic mass is 32.2. The summed E-state index contributed by atoms with van der Waals surface area (Å²) in [5, 5.41) is 9.17. The molecule has 8 nitrogen and oxygen atoms in total. The number of alkyl halides is 6. The Morgan fingerprint density at radius 1 is 0.731 bits per heavy atom. The lowest BCUT2D eigenvalue weighted by atomic mass is 10.1. The van der Waals surface area contributed by atoms with Crippen LogP contribution in [0.3, 0.4) is 0 Å². The summed E-state index contributed by atoms with van der Waals surface area (Å²) in [6.45, 7) is -0.527. The van der Waals surface area contributed by atoms with E-state index < -0.39 is 52.9 Å². The Labute approximate surface area is 295 Å². The summed E-state index contributed by atoms with van der Waals surface area (Å²) in [4.78, 5) is 37.3. The minimum absolute atomic E-state index is 0.0284. The maximum absolute atomic E-state index is 13.3. The van der Waals surface area contributed by atoms with Gasteiger partial charge in [-0.15, -0.1) is 0 Å². The minimum Gasteiger partial charge on any atom is -0.489 e. The highest BCUT2D eigenvalue weighted by Gasteiger charge is 2.38. The number of hydrogen-bond acceptors (Lipinski definition) is 6. The van der Waals surface area contributed by atoms with E-state index in [1.165, 1.54) is 6.08 Å². The lowest BCUT2D eigenvalue weighted by Gasteiger charge is -2.15. The SMILES string of the molecule is O=C(O)CN1C(=O)S/C(=C\c2cc3cc(OCc4ccccc4)ccc3n2Cc2ccc(COc3cc(C(F)(F)F)cc(C(F)(F)F)c3)cc2)C1=O. The minimum atomic E-state index is -5.01. The second-order valence-electron chi connectivity index (χ2n) is 11.7. The molecule has 1 aliphatic rings. The summed E-state index contributed by atoms with van der Waals surface area (Å²) in [6.07, 6.45) is -8.51. The number of halogens is 6. The number of ether oxygens (including phenoxy) is 2. The van der Waals surface area contributed by atoms with Crippen LogP contribution in [-0.4, -0.2) is 38.2 Å². The summed E-state index contributed by atoms with van der Waals surface area (Å²) in [6, 6.07) is 24.5. The van der Waals surface area contributed by atoms with Gasteiger partial charge in [0, 0.05) is 23.1 Å². The van der Waals surface area contributed by atoms with Gasteiger partial charge in [0.2, 0.25) is 0 Å². The molecule has 0 bridgehead atoms. The first-order valence-corrected chi connectivity index (χ1v) is 16.2. The molecule has 1 saturated heterocycles. The molecular weight excluding hydrogens is 714 g/mol. The third kappa shape index (κ3) is 8.42. The molecule has 2 heterocycles. The zero-order valence-corrected chi connectivity index (χ0v) is 27.5. The Morgan fingerprint density at radius 2 is 1.33 bits per heavy atom. The van der Waals surface area contributed by atoms with Crippen LogP contribution in [0.2, 0.25) is 0 Å². The number of aliphatic carboxylic acids is 1. The summed E-state index contributed by atoms with van der Waals surface area (Å²) in [5.74, 6) is -2.09. The van der Waals surface area contributed by atoms with Crippen LogP contribution in [0.15, 0.2) is 102 Å². The maximum Gasteiger partial charge on any atom is 0.416 e.